The first-order chi connectivity index (χ1) is 11.7. The van der Waals surface area contributed by atoms with Gasteiger partial charge < -0.3 is 20.2 Å². The van der Waals surface area contributed by atoms with Gasteiger partial charge in [0.2, 0.25) is 0 Å². The number of rotatable bonds is 5. The minimum absolute atomic E-state index is 0.201. The van der Waals surface area contributed by atoms with Crippen molar-refractivity contribution in [2.24, 2.45) is 5.73 Å². The Morgan fingerprint density at radius 2 is 2.00 bits per heavy atom. The second-order valence-electron chi connectivity index (χ2n) is 5.91. The molecule has 24 heavy (non-hydrogen) atoms. The molecule has 2 aromatic rings. The van der Waals surface area contributed by atoms with Crippen LogP contribution in [0.25, 0.3) is 0 Å². The monoisotopic (exact) mass is 329 g/mol. The first-order valence-corrected chi connectivity index (χ1v) is 8.18. The van der Waals surface area contributed by atoms with Crippen molar-refractivity contribution >= 4 is 11.6 Å². The molecule has 2 heterocycles. The van der Waals surface area contributed by atoms with Crippen molar-refractivity contribution < 1.29 is 13.9 Å². The van der Waals surface area contributed by atoms with Crippen LogP contribution < -0.4 is 11.1 Å². The summed E-state index contributed by atoms with van der Waals surface area (Å²) in [6, 6.07) is 9.94. The lowest BCUT2D eigenvalue weighted by Gasteiger charge is -2.32. The van der Waals surface area contributed by atoms with E-state index in [0.717, 1.165) is 32.0 Å². The molecule has 6 nitrogen and oxygen atoms in total. The zero-order valence-corrected chi connectivity index (χ0v) is 13.8. The van der Waals surface area contributed by atoms with Gasteiger partial charge in [0.25, 0.3) is 5.91 Å². The van der Waals surface area contributed by atoms with Crippen LogP contribution in [0, 0.1) is 0 Å². The molecule has 0 bridgehead atoms. The molecule has 0 aliphatic carbocycles. The van der Waals surface area contributed by atoms with Gasteiger partial charge in [-0.05, 0) is 30.7 Å². The smallest absolute Gasteiger partial charge is 0.258 e. The topological polar surface area (TPSA) is 80.7 Å². The Hall–Kier alpha value is -2.15. The van der Waals surface area contributed by atoms with Gasteiger partial charge in [-0.15, -0.1) is 0 Å². The summed E-state index contributed by atoms with van der Waals surface area (Å²) in [4.78, 5) is 14.6. The van der Waals surface area contributed by atoms with E-state index in [0.29, 0.717) is 17.4 Å². The lowest BCUT2D eigenvalue weighted by molar-refractivity contribution is 0.0198. The van der Waals surface area contributed by atoms with E-state index in [9.17, 15) is 4.79 Å². The van der Waals surface area contributed by atoms with E-state index in [1.54, 1.807) is 6.07 Å². The van der Waals surface area contributed by atoms with Gasteiger partial charge in [-0.1, -0.05) is 12.1 Å². The summed E-state index contributed by atoms with van der Waals surface area (Å²) in [7, 11) is 0. The first-order valence-electron chi connectivity index (χ1n) is 8.18. The molecule has 0 saturated carbocycles. The highest BCUT2D eigenvalue weighted by Gasteiger charge is 2.18. The lowest BCUT2D eigenvalue weighted by atomic mass is 10.1. The molecule has 1 atom stereocenters. The maximum Gasteiger partial charge on any atom is 0.258 e. The van der Waals surface area contributed by atoms with Gasteiger partial charge in [-0.2, -0.15) is 0 Å². The number of carbonyl (C=O) groups excluding carboxylic acids is 1. The normalized spacial score (nSPS) is 16.8. The Bertz CT molecular complexity index is 675. The molecule has 1 fully saturated rings. The van der Waals surface area contributed by atoms with Crippen molar-refractivity contribution in [3.05, 3.63) is 53.5 Å². The average molecular weight is 329 g/mol. The van der Waals surface area contributed by atoms with Gasteiger partial charge >= 0.3 is 0 Å². The summed E-state index contributed by atoms with van der Waals surface area (Å²) >= 11 is 0. The van der Waals surface area contributed by atoms with E-state index in [2.05, 4.69) is 29.3 Å². The summed E-state index contributed by atoms with van der Waals surface area (Å²) in [5.41, 5.74) is 7.94. The predicted molar refractivity (Wildman–Crippen MR) is 91.8 cm³/mol. The number of benzene rings is 1. The molecule has 1 saturated heterocycles. The van der Waals surface area contributed by atoms with Crippen LogP contribution in [0.3, 0.4) is 0 Å². The Morgan fingerprint density at radius 1 is 1.29 bits per heavy atom. The van der Waals surface area contributed by atoms with Crippen LogP contribution in [0.4, 0.5) is 5.69 Å². The standard InChI is InChI=1S/C18H23N3O3/c1-13(21-6-8-23-9-7-21)14-2-4-16(5-3-14)20-18(22)15-10-17(11-19)24-12-15/h2-5,10,12-13H,6-9,11,19H2,1H3,(H,20,22). The van der Waals surface area contributed by atoms with Gasteiger partial charge in [0.15, 0.2) is 0 Å². The van der Waals surface area contributed by atoms with Crippen LogP contribution in [0.15, 0.2) is 41.0 Å². The lowest BCUT2D eigenvalue weighted by Crippen LogP contribution is -2.37. The quantitative estimate of drug-likeness (QED) is 0.880. The highest BCUT2D eigenvalue weighted by atomic mass is 16.5. The summed E-state index contributed by atoms with van der Waals surface area (Å²) in [6.45, 7) is 5.94. The summed E-state index contributed by atoms with van der Waals surface area (Å²) in [5.74, 6) is 0.391. The Kier molecular flexibility index (Phi) is 5.30. The number of hydrogen-bond donors (Lipinski definition) is 2. The number of nitrogens with one attached hydrogen (secondary N) is 1. The number of hydrogen-bond acceptors (Lipinski definition) is 5. The second kappa shape index (κ2) is 7.61. The average Bonchev–Trinajstić information content (AvgIpc) is 3.12. The van der Waals surface area contributed by atoms with Crippen molar-refractivity contribution in [2.75, 3.05) is 31.6 Å². The van der Waals surface area contributed by atoms with Gasteiger partial charge in [0, 0.05) is 24.8 Å². The molecule has 128 valence electrons. The van der Waals surface area contributed by atoms with Gasteiger partial charge in [0.1, 0.15) is 12.0 Å². The molecule has 6 heteroatoms. The Labute approximate surface area is 141 Å². The molecule has 1 amide bonds. The van der Waals surface area contributed by atoms with Crippen molar-refractivity contribution in [3.63, 3.8) is 0 Å². The van der Waals surface area contributed by atoms with Crippen molar-refractivity contribution in [3.8, 4) is 0 Å². The van der Waals surface area contributed by atoms with E-state index in [4.69, 9.17) is 14.9 Å². The van der Waals surface area contributed by atoms with E-state index in [1.165, 1.54) is 11.8 Å². The molecule has 1 aromatic carbocycles. The Morgan fingerprint density at radius 3 is 2.62 bits per heavy atom. The first kappa shape index (κ1) is 16.7. The maximum atomic E-state index is 12.2. The van der Waals surface area contributed by atoms with Crippen LogP contribution in [-0.4, -0.2) is 37.1 Å². The molecule has 1 aliphatic heterocycles. The van der Waals surface area contributed by atoms with Crippen LogP contribution in [-0.2, 0) is 11.3 Å². The molecular formula is C18H23N3O3. The molecule has 3 rings (SSSR count). The number of amides is 1. The van der Waals surface area contributed by atoms with E-state index >= 15 is 0 Å². The van der Waals surface area contributed by atoms with Crippen molar-refractivity contribution in [2.45, 2.75) is 19.5 Å². The van der Waals surface area contributed by atoms with Crippen molar-refractivity contribution in [1.29, 1.82) is 0 Å². The molecule has 0 spiro atoms. The fraction of sp³-hybridized carbons (Fsp3) is 0.389. The fourth-order valence-electron chi connectivity index (χ4n) is 2.83. The number of nitrogens with zero attached hydrogens (tertiary/aromatic N) is 1. The highest BCUT2D eigenvalue weighted by Crippen LogP contribution is 2.23. The molecule has 1 aliphatic rings. The minimum Gasteiger partial charge on any atom is -0.467 e. The molecule has 1 unspecified atom stereocenters. The molecule has 0 radical (unpaired) electrons. The summed E-state index contributed by atoms with van der Waals surface area (Å²) in [5, 5.41) is 2.87. The zero-order valence-electron chi connectivity index (χ0n) is 13.8. The van der Waals surface area contributed by atoms with Crippen LogP contribution in [0.2, 0.25) is 0 Å². The van der Waals surface area contributed by atoms with Crippen molar-refractivity contribution in [1.82, 2.24) is 4.90 Å². The number of nitrogens with two attached hydrogens (primary N) is 1. The number of anilines is 1. The van der Waals surface area contributed by atoms with E-state index in [-0.39, 0.29) is 12.5 Å². The van der Waals surface area contributed by atoms with Crippen LogP contribution in [0.5, 0.6) is 0 Å². The number of carbonyl (C=O) groups is 1. The summed E-state index contributed by atoms with van der Waals surface area (Å²) in [6.07, 6.45) is 1.42. The third-order valence-corrected chi connectivity index (χ3v) is 4.36. The number of morpholine rings is 1. The molecule has 1 aromatic heterocycles. The van der Waals surface area contributed by atoms with E-state index in [1.807, 2.05) is 12.1 Å². The minimum atomic E-state index is -0.201. The third kappa shape index (κ3) is 3.84. The number of ether oxygens (including phenoxy) is 1. The molecular weight excluding hydrogens is 306 g/mol. The molecule has 3 N–H and O–H groups in total. The SMILES string of the molecule is CC(c1ccc(NC(=O)c2coc(CN)c2)cc1)N1CCOCC1. The predicted octanol–water partition coefficient (Wildman–Crippen LogP) is 2.38. The largest absolute Gasteiger partial charge is 0.467 e. The van der Waals surface area contributed by atoms with Crippen LogP contribution >= 0.6 is 0 Å². The van der Waals surface area contributed by atoms with Gasteiger partial charge in [0.05, 0.1) is 25.3 Å². The third-order valence-electron chi connectivity index (χ3n) is 4.36. The van der Waals surface area contributed by atoms with E-state index < -0.39 is 0 Å². The zero-order chi connectivity index (χ0) is 16.9. The van der Waals surface area contributed by atoms with Gasteiger partial charge in [-0.25, -0.2) is 0 Å². The van der Waals surface area contributed by atoms with Crippen LogP contribution in [0.1, 0.15) is 34.6 Å². The Balaban J connectivity index is 1.62. The highest BCUT2D eigenvalue weighted by molar-refractivity contribution is 6.04. The second-order valence-corrected chi connectivity index (χ2v) is 5.91. The maximum absolute atomic E-state index is 12.2. The summed E-state index contributed by atoms with van der Waals surface area (Å²) < 4.78 is 10.6. The van der Waals surface area contributed by atoms with Gasteiger partial charge in [-0.3, -0.25) is 9.69 Å². The number of furan rings is 1. The fourth-order valence-corrected chi connectivity index (χ4v) is 2.83.